The quantitative estimate of drug-likeness (QED) is 0.106. The van der Waals surface area contributed by atoms with E-state index in [1.807, 2.05) is 6.07 Å². The molecule has 188 valence electrons. The molecular formula is C32H37NO3. The summed E-state index contributed by atoms with van der Waals surface area (Å²) in [7, 11) is 0. The van der Waals surface area contributed by atoms with Crippen molar-refractivity contribution >= 4 is 11.4 Å². The third kappa shape index (κ3) is 4.90. The number of ketones is 1. The highest BCUT2D eigenvalue weighted by atomic mass is 16.6. The smallest absolute Gasteiger partial charge is 0.268 e. The zero-order chi connectivity index (χ0) is 26.6. The minimum absolute atomic E-state index is 0.132. The maximum atomic E-state index is 13.3. The van der Waals surface area contributed by atoms with Crippen molar-refractivity contribution in [1.29, 1.82) is 0 Å². The van der Waals surface area contributed by atoms with Crippen molar-refractivity contribution in [2.75, 3.05) is 0 Å². The summed E-state index contributed by atoms with van der Waals surface area (Å²) < 4.78 is 0. The van der Waals surface area contributed by atoms with E-state index in [1.54, 1.807) is 6.92 Å². The number of benzene rings is 2. The molecule has 0 aliphatic heterocycles. The fourth-order valence-electron chi connectivity index (χ4n) is 5.40. The largest absolute Gasteiger partial charge is 0.289 e. The van der Waals surface area contributed by atoms with Crippen LogP contribution in [0.4, 0.5) is 0 Å². The molecule has 0 atom stereocenters. The van der Waals surface area contributed by atoms with Crippen LogP contribution in [0.25, 0.3) is 16.7 Å². The van der Waals surface area contributed by atoms with Gasteiger partial charge in [0, 0.05) is 23.1 Å². The molecule has 0 heterocycles. The molecule has 4 heteroatoms. The van der Waals surface area contributed by atoms with Gasteiger partial charge >= 0.3 is 0 Å². The Morgan fingerprint density at radius 1 is 1.00 bits per heavy atom. The summed E-state index contributed by atoms with van der Waals surface area (Å²) in [5.41, 5.74) is 8.03. The van der Waals surface area contributed by atoms with Crippen molar-refractivity contribution in [1.82, 2.24) is 0 Å². The maximum absolute atomic E-state index is 13.3. The number of hydrogen-bond acceptors (Lipinski definition) is 3. The lowest BCUT2D eigenvalue weighted by atomic mass is 9.70. The highest BCUT2D eigenvalue weighted by molar-refractivity contribution is 6.09. The first kappa shape index (κ1) is 27.1. The SMILES string of the molecule is C=C/C(=C\C=C(/C)C(=O)c1ccc2c(c1)C(CCC)(CCC)c1cc(C(=C)C(C)C)ccc1-2)[N+](=O)[O-]. The van der Waals surface area contributed by atoms with Crippen LogP contribution in [0.2, 0.25) is 0 Å². The van der Waals surface area contributed by atoms with Gasteiger partial charge in [-0.15, -0.1) is 0 Å². The molecule has 0 spiro atoms. The van der Waals surface area contributed by atoms with Crippen LogP contribution in [0.5, 0.6) is 0 Å². The first-order valence-corrected chi connectivity index (χ1v) is 12.8. The third-order valence-corrected chi connectivity index (χ3v) is 7.33. The normalized spacial score (nSPS) is 14.4. The van der Waals surface area contributed by atoms with Gasteiger partial charge in [-0.1, -0.05) is 78.0 Å². The molecule has 0 N–H and O–H groups in total. The number of hydrogen-bond donors (Lipinski definition) is 0. The van der Waals surface area contributed by atoms with Crippen LogP contribution in [-0.4, -0.2) is 10.7 Å². The third-order valence-electron chi connectivity index (χ3n) is 7.33. The predicted molar refractivity (Wildman–Crippen MR) is 150 cm³/mol. The van der Waals surface area contributed by atoms with Crippen LogP contribution in [0.15, 0.2) is 79.1 Å². The molecular weight excluding hydrogens is 446 g/mol. The fraction of sp³-hybridized carbons (Fsp3) is 0.344. The molecule has 4 nitrogen and oxygen atoms in total. The van der Waals surface area contributed by atoms with Crippen molar-refractivity contribution in [3.8, 4) is 11.1 Å². The summed E-state index contributed by atoms with van der Waals surface area (Å²) >= 11 is 0. The van der Waals surface area contributed by atoms with E-state index in [9.17, 15) is 14.9 Å². The lowest BCUT2D eigenvalue weighted by Gasteiger charge is -2.32. The van der Waals surface area contributed by atoms with E-state index in [1.165, 1.54) is 46.0 Å². The summed E-state index contributed by atoms with van der Waals surface area (Å²) in [4.78, 5) is 23.9. The van der Waals surface area contributed by atoms with E-state index < -0.39 is 4.92 Å². The Hall–Kier alpha value is -3.53. The average Bonchev–Trinajstić information content (AvgIpc) is 3.12. The molecule has 0 saturated heterocycles. The van der Waals surface area contributed by atoms with Crippen LogP contribution >= 0.6 is 0 Å². The number of carbonyl (C=O) groups is 1. The second-order valence-electron chi connectivity index (χ2n) is 10.0. The maximum Gasteiger partial charge on any atom is 0.268 e. The molecule has 2 aromatic carbocycles. The molecule has 0 unspecified atom stereocenters. The van der Waals surface area contributed by atoms with Gasteiger partial charge in [0.15, 0.2) is 5.78 Å². The van der Waals surface area contributed by atoms with E-state index in [0.29, 0.717) is 17.1 Å². The van der Waals surface area contributed by atoms with Crippen molar-refractivity contribution < 1.29 is 9.72 Å². The molecule has 3 rings (SSSR count). The van der Waals surface area contributed by atoms with Crippen LogP contribution in [0.1, 0.15) is 87.4 Å². The zero-order valence-electron chi connectivity index (χ0n) is 22.2. The fourth-order valence-corrected chi connectivity index (χ4v) is 5.40. The Bertz CT molecular complexity index is 1270. The Labute approximate surface area is 215 Å². The monoisotopic (exact) mass is 483 g/mol. The summed E-state index contributed by atoms with van der Waals surface area (Å²) in [6, 6.07) is 12.7. The Morgan fingerprint density at radius 3 is 2.00 bits per heavy atom. The Morgan fingerprint density at radius 2 is 1.53 bits per heavy atom. The van der Waals surface area contributed by atoms with E-state index >= 15 is 0 Å². The van der Waals surface area contributed by atoms with Gasteiger partial charge in [-0.2, -0.15) is 0 Å². The lowest BCUT2D eigenvalue weighted by molar-refractivity contribution is -0.418. The molecule has 0 fully saturated rings. The van der Waals surface area contributed by atoms with Crippen LogP contribution in [-0.2, 0) is 5.41 Å². The second kappa shape index (κ2) is 11.0. The average molecular weight is 484 g/mol. The van der Waals surface area contributed by atoms with E-state index in [0.717, 1.165) is 31.3 Å². The van der Waals surface area contributed by atoms with Gasteiger partial charge in [-0.05, 0) is 82.9 Å². The van der Waals surface area contributed by atoms with Gasteiger partial charge in [0.1, 0.15) is 0 Å². The first-order chi connectivity index (χ1) is 17.1. The van der Waals surface area contributed by atoms with E-state index in [-0.39, 0.29) is 16.9 Å². The van der Waals surface area contributed by atoms with E-state index in [4.69, 9.17) is 0 Å². The van der Waals surface area contributed by atoms with Crippen LogP contribution in [0, 0.1) is 16.0 Å². The number of allylic oxidation sites excluding steroid dienone is 5. The number of fused-ring (bicyclic) bond motifs is 3. The van der Waals surface area contributed by atoms with Gasteiger partial charge in [-0.3, -0.25) is 14.9 Å². The highest BCUT2D eigenvalue weighted by Crippen LogP contribution is 2.54. The van der Waals surface area contributed by atoms with Crippen molar-refractivity contribution in [3.63, 3.8) is 0 Å². The Balaban J connectivity index is 2.15. The first-order valence-electron chi connectivity index (χ1n) is 12.8. The van der Waals surface area contributed by atoms with Gasteiger partial charge < -0.3 is 0 Å². The number of carbonyl (C=O) groups excluding carboxylic acids is 1. The van der Waals surface area contributed by atoms with Crippen molar-refractivity contribution in [3.05, 3.63) is 111 Å². The topological polar surface area (TPSA) is 60.2 Å². The molecule has 2 aromatic rings. The molecule has 1 aliphatic rings. The van der Waals surface area contributed by atoms with Gasteiger partial charge in [0.2, 0.25) is 0 Å². The van der Waals surface area contributed by atoms with Crippen molar-refractivity contribution in [2.45, 2.75) is 65.7 Å². The molecule has 0 saturated carbocycles. The van der Waals surface area contributed by atoms with Crippen LogP contribution in [0.3, 0.4) is 0 Å². The van der Waals surface area contributed by atoms with Crippen LogP contribution < -0.4 is 0 Å². The predicted octanol–water partition coefficient (Wildman–Crippen LogP) is 8.70. The standard InChI is InChI=1S/C32H37NO3/c1-8-17-32(18-9-2)29-19-24(23(7)21(4)5)12-15-27(29)28-16-13-25(20-30(28)32)31(34)22(6)11-14-26(10-3)33(35)36/h10-16,19-21H,3,7-9,17-18H2,1-2,4-6H3/b22-11+,26-14+. The second-order valence-corrected chi connectivity index (χ2v) is 10.0. The molecule has 0 amide bonds. The number of rotatable bonds is 11. The molecule has 0 bridgehead atoms. The van der Waals surface area contributed by atoms with Gasteiger partial charge in [0.25, 0.3) is 5.70 Å². The number of Topliss-reactive ketones (excluding diaryl/α,β-unsaturated/α-hetero) is 1. The molecule has 0 radical (unpaired) electrons. The zero-order valence-corrected chi connectivity index (χ0v) is 22.2. The highest BCUT2D eigenvalue weighted by Gasteiger charge is 2.42. The van der Waals surface area contributed by atoms with Gasteiger partial charge in [-0.25, -0.2) is 0 Å². The van der Waals surface area contributed by atoms with E-state index in [2.05, 4.69) is 71.2 Å². The molecule has 1 aliphatic carbocycles. The molecule has 0 aromatic heterocycles. The Kier molecular flexibility index (Phi) is 8.29. The summed E-state index contributed by atoms with van der Waals surface area (Å²) in [6.45, 7) is 18.3. The summed E-state index contributed by atoms with van der Waals surface area (Å²) in [5.74, 6) is 0.232. The number of nitrogens with zero attached hydrogens (tertiary/aromatic N) is 1. The van der Waals surface area contributed by atoms with Gasteiger partial charge in [0.05, 0.1) is 4.92 Å². The van der Waals surface area contributed by atoms with Crippen molar-refractivity contribution in [2.24, 2.45) is 5.92 Å². The lowest BCUT2D eigenvalue weighted by Crippen LogP contribution is -2.25. The molecule has 36 heavy (non-hydrogen) atoms. The number of nitro groups is 1. The minimum atomic E-state index is -0.514. The minimum Gasteiger partial charge on any atom is -0.289 e. The summed E-state index contributed by atoms with van der Waals surface area (Å²) in [5, 5.41) is 11.1. The summed E-state index contributed by atoms with van der Waals surface area (Å²) in [6.07, 6.45) is 8.05.